The standard InChI is InChI=1S/C15H15N3O2S/c1-9-14(21-10(2)16-9)15-17-11-5-3-4-6-12(11)18(15)8-7-13(19)20/h3-6H,7-8H2,1-2H3,(H,19,20). The second-order valence-corrected chi connectivity index (χ2v) is 6.07. The molecule has 2 aromatic heterocycles. The molecule has 0 unspecified atom stereocenters. The number of carboxylic acid groups (broad SMARTS) is 1. The molecule has 0 saturated heterocycles. The van der Waals surface area contributed by atoms with E-state index in [4.69, 9.17) is 5.11 Å². The first-order valence-corrected chi connectivity index (χ1v) is 7.49. The van der Waals surface area contributed by atoms with E-state index < -0.39 is 5.97 Å². The highest BCUT2D eigenvalue weighted by Crippen LogP contribution is 2.31. The van der Waals surface area contributed by atoms with Gasteiger partial charge in [-0.1, -0.05) is 12.1 Å². The van der Waals surface area contributed by atoms with Crippen molar-refractivity contribution in [2.75, 3.05) is 0 Å². The molecule has 0 aliphatic rings. The zero-order valence-corrected chi connectivity index (χ0v) is 12.6. The number of hydrogen-bond donors (Lipinski definition) is 1. The van der Waals surface area contributed by atoms with E-state index >= 15 is 0 Å². The van der Waals surface area contributed by atoms with Crippen LogP contribution in [0.25, 0.3) is 21.7 Å². The minimum Gasteiger partial charge on any atom is -0.481 e. The number of aromatic nitrogens is 3. The van der Waals surface area contributed by atoms with E-state index in [9.17, 15) is 4.79 Å². The number of benzene rings is 1. The summed E-state index contributed by atoms with van der Waals surface area (Å²) in [4.78, 5) is 21.0. The van der Waals surface area contributed by atoms with Gasteiger partial charge in [0.15, 0.2) is 5.82 Å². The number of aryl methyl sites for hydroxylation is 3. The largest absolute Gasteiger partial charge is 0.481 e. The molecule has 0 atom stereocenters. The van der Waals surface area contributed by atoms with Crippen LogP contribution < -0.4 is 0 Å². The Hall–Kier alpha value is -2.21. The van der Waals surface area contributed by atoms with Crippen LogP contribution >= 0.6 is 11.3 Å². The molecule has 0 radical (unpaired) electrons. The third-order valence-electron chi connectivity index (χ3n) is 3.31. The zero-order valence-electron chi connectivity index (χ0n) is 11.8. The van der Waals surface area contributed by atoms with E-state index in [0.29, 0.717) is 6.54 Å². The monoisotopic (exact) mass is 301 g/mol. The predicted molar refractivity (Wildman–Crippen MR) is 82.6 cm³/mol. The molecule has 2 heterocycles. The average molecular weight is 301 g/mol. The van der Waals surface area contributed by atoms with Gasteiger partial charge >= 0.3 is 5.97 Å². The van der Waals surface area contributed by atoms with Crippen molar-refractivity contribution in [3.63, 3.8) is 0 Å². The lowest BCUT2D eigenvalue weighted by atomic mass is 10.3. The normalized spacial score (nSPS) is 11.1. The van der Waals surface area contributed by atoms with Gasteiger partial charge in [-0.25, -0.2) is 9.97 Å². The highest BCUT2D eigenvalue weighted by atomic mass is 32.1. The number of hydrogen-bond acceptors (Lipinski definition) is 4. The van der Waals surface area contributed by atoms with Crippen molar-refractivity contribution in [1.29, 1.82) is 0 Å². The Kier molecular flexibility index (Phi) is 3.47. The van der Waals surface area contributed by atoms with Crippen LogP contribution in [0.5, 0.6) is 0 Å². The molecule has 0 aliphatic heterocycles. The lowest BCUT2D eigenvalue weighted by Gasteiger charge is -2.06. The molecule has 6 heteroatoms. The molecule has 0 amide bonds. The van der Waals surface area contributed by atoms with Gasteiger partial charge in [-0.2, -0.15) is 0 Å². The van der Waals surface area contributed by atoms with Crippen molar-refractivity contribution in [3.05, 3.63) is 35.0 Å². The van der Waals surface area contributed by atoms with Crippen LogP contribution in [0.15, 0.2) is 24.3 Å². The number of imidazole rings is 1. The Bertz CT molecular complexity index is 820. The summed E-state index contributed by atoms with van der Waals surface area (Å²) in [5.74, 6) is -0.00325. The number of carboxylic acids is 1. The minimum atomic E-state index is -0.809. The maximum absolute atomic E-state index is 10.9. The summed E-state index contributed by atoms with van der Waals surface area (Å²) in [6.45, 7) is 4.33. The first-order chi connectivity index (χ1) is 10.1. The van der Waals surface area contributed by atoms with E-state index in [0.717, 1.165) is 32.4 Å². The Balaban J connectivity index is 2.18. The van der Waals surface area contributed by atoms with Crippen LogP contribution in [0, 0.1) is 13.8 Å². The van der Waals surface area contributed by atoms with Gasteiger partial charge in [0.2, 0.25) is 0 Å². The van der Waals surface area contributed by atoms with Crippen molar-refractivity contribution in [2.24, 2.45) is 0 Å². The van der Waals surface area contributed by atoms with Gasteiger partial charge in [-0.05, 0) is 26.0 Å². The van der Waals surface area contributed by atoms with E-state index in [1.54, 1.807) is 11.3 Å². The van der Waals surface area contributed by atoms with E-state index in [1.807, 2.05) is 42.7 Å². The Morgan fingerprint density at radius 1 is 1.29 bits per heavy atom. The minimum absolute atomic E-state index is 0.0736. The quantitative estimate of drug-likeness (QED) is 0.803. The molecular weight excluding hydrogens is 286 g/mol. The first-order valence-electron chi connectivity index (χ1n) is 6.67. The van der Waals surface area contributed by atoms with Crippen LogP contribution in [0.3, 0.4) is 0 Å². The van der Waals surface area contributed by atoms with Crippen LogP contribution in [-0.2, 0) is 11.3 Å². The molecule has 0 aliphatic carbocycles. The molecule has 0 bridgehead atoms. The Morgan fingerprint density at radius 2 is 2.05 bits per heavy atom. The topological polar surface area (TPSA) is 68.0 Å². The summed E-state index contributed by atoms with van der Waals surface area (Å²) in [6.07, 6.45) is 0.0736. The predicted octanol–water partition coefficient (Wildman–Crippen LogP) is 3.25. The Labute approximate surface area is 125 Å². The third-order valence-corrected chi connectivity index (χ3v) is 4.38. The van der Waals surface area contributed by atoms with Crippen LogP contribution in [0.1, 0.15) is 17.1 Å². The SMILES string of the molecule is Cc1nc(C)c(-c2nc3ccccc3n2CCC(=O)O)s1. The fourth-order valence-corrected chi connectivity index (χ4v) is 3.34. The maximum Gasteiger partial charge on any atom is 0.305 e. The average Bonchev–Trinajstić information content (AvgIpc) is 2.96. The van der Waals surface area contributed by atoms with Gasteiger partial charge in [-0.15, -0.1) is 11.3 Å². The molecule has 21 heavy (non-hydrogen) atoms. The molecule has 1 aromatic carbocycles. The Morgan fingerprint density at radius 3 is 2.71 bits per heavy atom. The number of para-hydroxylation sites is 2. The molecular formula is C15H15N3O2S. The molecule has 108 valence electrons. The highest BCUT2D eigenvalue weighted by molar-refractivity contribution is 7.15. The fraction of sp³-hybridized carbons (Fsp3) is 0.267. The summed E-state index contributed by atoms with van der Waals surface area (Å²) in [5.41, 5.74) is 2.77. The second kappa shape index (κ2) is 5.29. The second-order valence-electron chi connectivity index (χ2n) is 4.87. The first kappa shape index (κ1) is 13.8. The molecule has 3 rings (SSSR count). The van der Waals surface area contributed by atoms with Gasteiger partial charge in [-0.3, -0.25) is 4.79 Å². The van der Waals surface area contributed by atoms with Gasteiger partial charge in [0, 0.05) is 6.54 Å². The van der Waals surface area contributed by atoms with Crippen molar-refractivity contribution >= 4 is 28.3 Å². The highest BCUT2D eigenvalue weighted by Gasteiger charge is 2.17. The van der Waals surface area contributed by atoms with Crippen LogP contribution in [-0.4, -0.2) is 25.6 Å². The van der Waals surface area contributed by atoms with Crippen LogP contribution in [0.4, 0.5) is 0 Å². The van der Waals surface area contributed by atoms with Crippen molar-refractivity contribution < 1.29 is 9.90 Å². The molecule has 3 aromatic rings. The summed E-state index contributed by atoms with van der Waals surface area (Å²) in [6, 6.07) is 7.79. The lowest BCUT2D eigenvalue weighted by Crippen LogP contribution is -2.06. The van der Waals surface area contributed by atoms with E-state index in [1.165, 1.54) is 0 Å². The number of aliphatic carboxylic acids is 1. The van der Waals surface area contributed by atoms with E-state index in [2.05, 4.69) is 9.97 Å². The molecule has 0 fully saturated rings. The van der Waals surface area contributed by atoms with E-state index in [-0.39, 0.29) is 6.42 Å². The van der Waals surface area contributed by atoms with Gasteiger partial charge in [0.05, 0.1) is 33.0 Å². The van der Waals surface area contributed by atoms with Gasteiger partial charge in [0.25, 0.3) is 0 Å². The number of nitrogens with zero attached hydrogens (tertiary/aromatic N) is 3. The van der Waals surface area contributed by atoms with Crippen molar-refractivity contribution in [3.8, 4) is 10.7 Å². The number of carbonyl (C=O) groups is 1. The molecule has 5 nitrogen and oxygen atoms in total. The molecule has 0 spiro atoms. The summed E-state index contributed by atoms with van der Waals surface area (Å²) in [7, 11) is 0. The van der Waals surface area contributed by atoms with Gasteiger partial charge in [0.1, 0.15) is 0 Å². The van der Waals surface area contributed by atoms with Gasteiger partial charge < -0.3 is 9.67 Å². The van der Waals surface area contributed by atoms with Crippen molar-refractivity contribution in [1.82, 2.24) is 14.5 Å². The summed E-state index contributed by atoms with van der Waals surface area (Å²) < 4.78 is 1.98. The van der Waals surface area contributed by atoms with Crippen LogP contribution in [0.2, 0.25) is 0 Å². The number of fused-ring (bicyclic) bond motifs is 1. The molecule has 1 N–H and O–H groups in total. The number of rotatable bonds is 4. The zero-order chi connectivity index (χ0) is 15.0. The summed E-state index contributed by atoms with van der Waals surface area (Å²) >= 11 is 1.59. The maximum atomic E-state index is 10.9. The number of thiazole rings is 1. The molecule has 0 saturated carbocycles. The third kappa shape index (κ3) is 2.54. The smallest absolute Gasteiger partial charge is 0.305 e. The lowest BCUT2D eigenvalue weighted by molar-refractivity contribution is -0.137. The summed E-state index contributed by atoms with van der Waals surface area (Å²) in [5, 5.41) is 9.95. The fourth-order valence-electron chi connectivity index (χ4n) is 2.42. The van der Waals surface area contributed by atoms with Crippen molar-refractivity contribution in [2.45, 2.75) is 26.8 Å².